The molecule has 2 fully saturated rings. The number of hydrogen-bond donors (Lipinski definition) is 1. The Morgan fingerprint density at radius 3 is 2.71 bits per heavy atom. The Bertz CT molecular complexity index is 295. The smallest absolute Gasteiger partial charge is 0.0742 e. The van der Waals surface area contributed by atoms with Gasteiger partial charge >= 0.3 is 0 Å². The lowest BCUT2D eigenvalue weighted by molar-refractivity contribution is 0.181. The van der Waals surface area contributed by atoms with E-state index in [1.165, 1.54) is 25.7 Å². The van der Waals surface area contributed by atoms with E-state index >= 15 is 0 Å². The van der Waals surface area contributed by atoms with Crippen LogP contribution in [0.25, 0.3) is 0 Å². The fraction of sp³-hybridized carbons (Fsp3) is 0.933. The van der Waals surface area contributed by atoms with E-state index in [2.05, 4.69) is 20.8 Å². The first kappa shape index (κ1) is 13.2. The minimum Gasteiger partial charge on any atom is -0.309 e. The van der Waals surface area contributed by atoms with Crippen molar-refractivity contribution in [2.24, 2.45) is 23.7 Å². The molecule has 2 radical (unpaired) electrons. The molecule has 2 aliphatic carbocycles. The van der Waals surface area contributed by atoms with Gasteiger partial charge < -0.3 is 5.41 Å². The van der Waals surface area contributed by atoms with Crippen LogP contribution in [-0.2, 0) is 0 Å². The number of rotatable bonds is 1. The predicted molar refractivity (Wildman–Crippen MR) is 74.9 cm³/mol. The van der Waals surface area contributed by atoms with Crippen molar-refractivity contribution in [3.8, 4) is 0 Å². The Morgan fingerprint density at radius 1 is 1.35 bits per heavy atom. The van der Waals surface area contributed by atoms with Crippen molar-refractivity contribution in [1.82, 2.24) is 0 Å². The fourth-order valence-corrected chi connectivity index (χ4v) is 4.28. The largest absolute Gasteiger partial charge is 0.309 e. The van der Waals surface area contributed by atoms with Gasteiger partial charge in [0.05, 0.1) is 7.85 Å². The third-order valence-corrected chi connectivity index (χ3v) is 4.99. The average molecular weight is 231 g/mol. The van der Waals surface area contributed by atoms with Crippen LogP contribution in [0, 0.1) is 29.1 Å². The van der Waals surface area contributed by atoms with Gasteiger partial charge in [-0.1, -0.05) is 45.3 Å². The standard InChI is InChI=1S/C15H26BN/c1-10(2)14-12-5-4-8-15(3,16)9-11(12)6-7-13(14)17/h10-12,14,17H,4-9H2,1-3H3. The third kappa shape index (κ3) is 2.77. The molecule has 2 heteroatoms. The molecule has 94 valence electrons. The van der Waals surface area contributed by atoms with Gasteiger partial charge in [-0.25, -0.2) is 0 Å². The first-order valence-corrected chi connectivity index (χ1v) is 7.27. The Balaban J connectivity index is 2.19. The zero-order valence-electron chi connectivity index (χ0n) is 11.6. The van der Waals surface area contributed by atoms with E-state index < -0.39 is 0 Å². The van der Waals surface area contributed by atoms with Crippen LogP contribution in [0.3, 0.4) is 0 Å². The highest BCUT2D eigenvalue weighted by atomic mass is 14.5. The number of fused-ring (bicyclic) bond motifs is 1. The maximum Gasteiger partial charge on any atom is 0.0742 e. The molecule has 0 aromatic carbocycles. The Morgan fingerprint density at radius 2 is 2.06 bits per heavy atom. The molecule has 0 amide bonds. The van der Waals surface area contributed by atoms with Crippen LogP contribution in [0.2, 0.25) is 5.31 Å². The summed E-state index contributed by atoms with van der Waals surface area (Å²) in [6, 6.07) is 0. The molecule has 0 bridgehead atoms. The molecule has 0 aliphatic heterocycles. The molecule has 1 N–H and O–H groups in total. The highest BCUT2D eigenvalue weighted by molar-refractivity contribution is 6.14. The summed E-state index contributed by atoms with van der Waals surface area (Å²) in [5.74, 6) is 2.66. The van der Waals surface area contributed by atoms with Crippen molar-refractivity contribution < 1.29 is 0 Å². The molecule has 0 saturated heterocycles. The van der Waals surface area contributed by atoms with Crippen molar-refractivity contribution in [3.63, 3.8) is 0 Å². The van der Waals surface area contributed by atoms with Crippen LogP contribution in [0.1, 0.15) is 59.3 Å². The van der Waals surface area contributed by atoms with Crippen LogP contribution in [0.15, 0.2) is 0 Å². The van der Waals surface area contributed by atoms with Crippen molar-refractivity contribution in [3.05, 3.63) is 0 Å². The first-order chi connectivity index (χ1) is 7.91. The van der Waals surface area contributed by atoms with Crippen molar-refractivity contribution in [1.29, 1.82) is 5.41 Å². The minimum atomic E-state index is 0.0421. The summed E-state index contributed by atoms with van der Waals surface area (Å²) in [4.78, 5) is 0. The van der Waals surface area contributed by atoms with E-state index in [-0.39, 0.29) is 5.31 Å². The molecule has 0 aromatic heterocycles. The van der Waals surface area contributed by atoms with Gasteiger partial charge in [0.2, 0.25) is 0 Å². The second-order valence-electron chi connectivity index (χ2n) is 7.01. The summed E-state index contributed by atoms with van der Waals surface area (Å²) in [5, 5.41) is 8.28. The van der Waals surface area contributed by atoms with Crippen LogP contribution in [0.5, 0.6) is 0 Å². The maximum absolute atomic E-state index is 8.24. The molecule has 2 aliphatic rings. The van der Waals surface area contributed by atoms with Gasteiger partial charge in [0.1, 0.15) is 0 Å². The fourth-order valence-electron chi connectivity index (χ4n) is 4.28. The van der Waals surface area contributed by atoms with Crippen LogP contribution in [0.4, 0.5) is 0 Å². The highest BCUT2D eigenvalue weighted by Gasteiger charge is 2.41. The normalized spacial score (nSPS) is 43.3. The van der Waals surface area contributed by atoms with E-state index in [1.54, 1.807) is 0 Å². The lowest BCUT2D eigenvalue weighted by atomic mass is 9.59. The molecule has 0 heterocycles. The second-order valence-corrected chi connectivity index (χ2v) is 7.01. The summed E-state index contributed by atoms with van der Waals surface area (Å²) in [6.07, 6.45) is 7.11. The van der Waals surface area contributed by atoms with Crippen molar-refractivity contribution >= 4 is 13.6 Å². The van der Waals surface area contributed by atoms with E-state index in [1.807, 2.05) is 0 Å². The minimum absolute atomic E-state index is 0.0421. The molecule has 2 rings (SSSR count). The molecule has 1 nitrogen and oxygen atoms in total. The number of nitrogens with one attached hydrogen (secondary N) is 1. The monoisotopic (exact) mass is 231 g/mol. The quantitative estimate of drug-likeness (QED) is 0.653. The van der Waals surface area contributed by atoms with E-state index in [9.17, 15) is 0 Å². The van der Waals surface area contributed by atoms with Gasteiger partial charge in [0.25, 0.3) is 0 Å². The number of hydrogen-bond acceptors (Lipinski definition) is 1. The molecular weight excluding hydrogens is 205 g/mol. The first-order valence-electron chi connectivity index (χ1n) is 7.27. The Hall–Kier alpha value is -0.265. The predicted octanol–water partition coefficient (Wildman–Crippen LogP) is 4.23. The van der Waals surface area contributed by atoms with Gasteiger partial charge in [-0.15, -0.1) is 0 Å². The van der Waals surface area contributed by atoms with E-state index in [0.29, 0.717) is 11.8 Å². The highest BCUT2D eigenvalue weighted by Crippen LogP contribution is 2.50. The molecule has 0 aromatic rings. The van der Waals surface area contributed by atoms with Gasteiger partial charge in [-0.05, 0) is 37.0 Å². The summed E-state index contributed by atoms with van der Waals surface area (Å²) < 4.78 is 0. The third-order valence-electron chi connectivity index (χ3n) is 4.99. The SMILES string of the molecule is [B]C1(C)CCCC2C(CCC(=N)C2C(C)C)C1. The lowest BCUT2D eigenvalue weighted by Gasteiger charge is -2.41. The van der Waals surface area contributed by atoms with Crippen molar-refractivity contribution in [2.45, 2.75) is 64.6 Å². The molecule has 17 heavy (non-hydrogen) atoms. The average Bonchev–Trinajstić information content (AvgIpc) is 2.34. The molecule has 2 saturated carbocycles. The molecular formula is C15H26BN. The second kappa shape index (κ2) is 4.78. The maximum atomic E-state index is 8.24. The van der Waals surface area contributed by atoms with Gasteiger partial charge in [0, 0.05) is 11.6 Å². The Labute approximate surface area is 108 Å². The van der Waals surface area contributed by atoms with Crippen LogP contribution >= 0.6 is 0 Å². The lowest BCUT2D eigenvalue weighted by Crippen LogP contribution is -2.37. The zero-order valence-corrected chi connectivity index (χ0v) is 11.6. The van der Waals surface area contributed by atoms with Crippen LogP contribution < -0.4 is 0 Å². The molecule has 4 unspecified atom stereocenters. The summed E-state index contributed by atoms with van der Waals surface area (Å²) in [6.45, 7) is 6.79. The van der Waals surface area contributed by atoms with Crippen molar-refractivity contribution in [2.75, 3.05) is 0 Å². The Kier molecular flexibility index (Phi) is 3.70. The molecule has 4 atom stereocenters. The topological polar surface area (TPSA) is 23.9 Å². The van der Waals surface area contributed by atoms with Gasteiger partial charge in [-0.3, -0.25) is 0 Å². The zero-order chi connectivity index (χ0) is 12.6. The van der Waals surface area contributed by atoms with E-state index in [4.69, 9.17) is 13.3 Å². The summed E-state index contributed by atoms with van der Waals surface area (Å²) in [7, 11) is 6.39. The van der Waals surface area contributed by atoms with Gasteiger partial charge in [-0.2, -0.15) is 0 Å². The van der Waals surface area contributed by atoms with Gasteiger partial charge in [0.15, 0.2) is 0 Å². The molecule has 0 spiro atoms. The summed E-state index contributed by atoms with van der Waals surface area (Å²) in [5.41, 5.74) is 1.02. The van der Waals surface area contributed by atoms with Crippen LogP contribution in [-0.4, -0.2) is 13.6 Å². The van der Waals surface area contributed by atoms with E-state index in [0.717, 1.165) is 30.4 Å². The summed E-state index contributed by atoms with van der Waals surface area (Å²) >= 11 is 0.